The smallest absolute Gasteiger partial charge is 0.0450 e. The van der Waals surface area contributed by atoms with Crippen LogP contribution in [0.25, 0.3) is 0 Å². The van der Waals surface area contributed by atoms with Gasteiger partial charge in [-0.05, 0) is 36.4 Å². The molecule has 0 fully saturated rings. The van der Waals surface area contributed by atoms with Crippen molar-refractivity contribution in [1.82, 2.24) is 5.32 Å². The Labute approximate surface area is 113 Å². The minimum atomic E-state index is 0.229. The van der Waals surface area contributed by atoms with Gasteiger partial charge in [0.25, 0.3) is 0 Å². The average molecular weight is 260 g/mol. The Morgan fingerprint density at radius 2 is 2.11 bits per heavy atom. The molecule has 0 aliphatic carbocycles. The molecule has 3 heteroatoms. The Balaban J connectivity index is 2.10. The second-order valence-electron chi connectivity index (χ2n) is 4.61. The van der Waals surface area contributed by atoms with Crippen molar-refractivity contribution < 1.29 is 0 Å². The first-order valence-corrected chi connectivity index (χ1v) is 7.11. The zero-order chi connectivity index (χ0) is 13.0. The molecule has 1 aromatic carbocycles. The van der Waals surface area contributed by atoms with Crippen LogP contribution in [0.15, 0.2) is 35.7 Å². The van der Waals surface area contributed by atoms with Crippen LogP contribution in [0.5, 0.6) is 0 Å². The predicted molar refractivity (Wildman–Crippen MR) is 78.9 cm³/mol. The van der Waals surface area contributed by atoms with Gasteiger partial charge in [-0.15, -0.1) is 11.3 Å². The molecule has 0 amide bonds. The van der Waals surface area contributed by atoms with Crippen LogP contribution in [-0.4, -0.2) is 6.54 Å². The number of thiophene rings is 1. The highest BCUT2D eigenvalue weighted by Gasteiger charge is 2.11. The average Bonchev–Trinajstić information content (AvgIpc) is 2.87. The maximum Gasteiger partial charge on any atom is 0.0450 e. The van der Waals surface area contributed by atoms with E-state index in [4.69, 9.17) is 5.73 Å². The van der Waals surface area contributed by atoms with Crippen LogP contribution >= 0.6 is 11.3 Å². The van der Waals surface area contributed by atoms with Gasteiger partial charge < -0.3 is 11.1 Å². The summed E-state index contributed by atoms with van der Waals surface area (Å²) in [5.41, 5.74) is 9.80. The van der Waals surface area contributed by atoms with E-state index in [1.54, 1.807) is 11.3 Å². The van der Waals surface area contributed by atoms with Gasteiger partial charge in [-0.1, -0.05) is 29.8 Å². The van der Waals surface area contributed by atoms with Crippen molar-refractivity contribution in [3.63, 3.8) is 0 Å². The van der Waals surface area contributed by atoms with Crippen LogP contribution in [-0.2, 0) is 6.54 Å². The van der Waals surface area contributed by atoms with Gasteiger partial charge in [-0.3, -0.25) is 0 Å². The summed E-state index contributed by atoms with van der Waals surface area (Å²) in [6.45, 7) is 5.77. The summed E-state index contributed by atoms with van der Waals surface area (Å²) in [5, 5.41) is 5.65. The van der Waals surface area contributed by atoms with Gasteiger partial charge in [0, 0.05) is 24.0 Å². The maximum atomic E-state index is 5.90. The van der Waals surface area contributed by atoms with Crippen molar-refractivity contribution in [2.45, 2.75) is 26.4 Å². The first-order valence-electron chi connectivity index (χ1n) is 6.23. The second kappa shape index (κ2) is 6.14. The summed E-state index contributed by atoms with van der Waals surface area (Å²) >= 11 is 1.77. The molecule has 1 aromatic heterocycles. The molecule has 0 spiro atoms. The van der Waals surface area contributed by atoms with Crippen LogP contribution < -0.4 is 11.1 Å². The number of nitrogens with one attached hydrogen (secondary N) is 1. The van der Waals surface area contributed by atoms with Crippen LogP contribution in [0.1, 0.15) is 27.6 Å². The minimum absolute atomic E-state index is 0.229. The molecule has 2 nitrogen and oxygen atoms in total. The molecule has 3 N–H and O–H groups in total. The standard InChI is InChI=1S/C15H20N2S/c1-11-5-6-12(2)14(8-11)15(9-16)17-10-13-4-3-7-18-13/h3-8,15,17H,9-10,16H2,1-2H3. The molecule has 0 bridgehead atoms. The van der Waals surface area contributed by atoms with E-state index in [-0.39, 0.29) is 6.04 Å². The SMILES string of the molecule is Cc1ccc(C)c(C(CN)NCc2cccs2)c1. The number of rotatable bonds is 5. The zero-order valence-corrected chi connectivity index (χ0v) is 11.8. The van der Waals surface area contributed by atoms with Gasteiger partial charge in [0.15, 0.2) is 0 Å². The first-order chi connectivity index (χ1) is 8.70. The van der Waals surface area contributed by atoms with Gasteiger partial charge in [-0.25, -0.2) is 0 Å². The quantitative estimate of drug-likeness (QED) is 0.866. The monoisotopic (exact) mass is 260 g/mol. The molecule has 18 heavy (non-hydrogen) atoms. The third-order valence-corrected chi connectivity index (χ3v) is 4.03. The van der Waals surface area contributed by atoms with Gasteiger partial charge in [-0.2, -0.15) is 0 Å². The molecule has 2 aromatic rings. The second-order valence-corrected chi connectivity index (χ2v) is 5.64. The summed E-state index contributed by atoms with van der Waals surface area (Å²) in [5.74, 6) is 0. The molecule has 0 aliphatic rings. The third kappa shape index (κ3) is 3.19. The fourth-order valence-electron chi connectivity index (χ4n) is 2.09. The van der Waals surface area contributed by atoms with E-state index < -0.39 is 0 Å². The summed E-state index contributed by atoms with van der Waals surface area (Å²) in [4.78, 5) is 1.35. The van der Waals surface area contributed by atoms with E-state index >= 15 is 0 Å². The molecule has 1 heterocycles. The maximum absolute atomic E-state index is 5.90. The van der Waals surface area contributed by atoms with Crippen molar-refractivity contribution in [3.8, 4) is 0 Å². The van der Waals surface area contributed by atoms with Crippen molar-refractivity contribution in [2.24, 2.45) is 5.73 Å². The van der Waals surface area contributed by atoms with Crippen LogP contribution in [0.4, 0.5) is 0 Å². The molecular formula is C15H20N2S. The summed E-state index contributed by atoms with van der Waals surface area (Å²) in [6.07, 6.45) is 0. The largest absolute Gasteiger partial charge is 0.329 e. The zero-order valence-electron chi connectivity index (χ0n) is 10.9. The van der Waals surface area contributed by atoms with Crippen molar-refractivity contribution in [1.29, 1.82) is 0 Å². The molecular weight excluding hydrogens is 240 g/mol. The van der Waals surface area contributed by atoms with E-state index in [1.165, 1.54) is 21.6 Å². The van der Waals surface area contributed by atoms with E-state index in [0.717, 1.165) is 6.54 Å². The van der Waals surface area contributed by atoms with Gasteiger partial charge in [0.2, 0.25) is 0 Å². The minimum Gasteiger partial charge on any atom is -0.329 e. The number of nitrogens with two attached hydrogens (primary N) is 1. The summed E-state index contributed by atoms with van der Waals surface area (Å²) in [7, 11) is 0. The van der Waals surface area contributed by atoms with Crippen LogP contribution in [0, 0.1) is 13.8 Å². The highest BCUT2D eigenvalue weighted by molar-refractivity contribution is 7.09. The van der Waals surface area contributed by atoms with E-state index in [0.29, 0.717) is 6.54 Å². The van der Waals surface area contributed by atoms with Crippen LogP contribution in [0.2, 0.25) is 0 Å². The van der Waals surface area contributed by atoms with E-state index in [1.807, 2.05) is 0 Å². The molecule has 2 rings (SSSR count). The van der Waals surface area contributed by atoms with Crippen molar-refractivity contribution in [2.75, 3.05) is 6.54 Å². The van der Waals surface area contributed by atoms with Crippen LogP contribution in [0.3, 0.4) is 0 Å². The molecule has 0 saturated carbocycles. The first kappa shape index (κ1) is 13.3. The number of hydrogen-bond acceptors (Lipinski definition) is 3. The molecule has 96 valence electrons. The number of benzene rings is 1. The highest BCUT2D eigenvalue weighted by atomic mass is 32.1. The van der Waals surface area contributed by atoms with Gasteiger partial charge >= 0.3 is 0 Å². The van der Waals surface area contributed by atoms with E-state index in [9.17, 15) is 0 Å². The van der Waals surface area contributed by atoms with E-state index in [2.05, 4.69) is 54.9 Å². The Morgan fingerprint density at radius 3 is 2.78 bits per heavy atom. The Bertz CT molecular complexity index is 491. The molecule has 0 radical (unpaired) electrons. The van der Waals surface area contributed by atoms with Crippen molar-refractivity contribution in [3.05, 3.63) is 57.3 Å². The van der Waals surface area contributed by atoms with Gasteiger partial charge in [0.1, 0.15) is 0 Å². The Hall–Kier alpha value is -1.16. The summed E-state index contributed by atoms with van der Waals surface area (Å²) < 4.78 is 0. The van der Waals surface area contributed by atoms with Gasteiger partial charge in [0.05, 0.1) is 0 Å². The number of hydrogen-bond donors (Lipinski definition) is 2. The lowest BCUT2D eigenvalue weighted by Crippen LogP contribution is -2.28. The topological polar surface area (TPSA) is 38.0 Å². The Morgan fingerprint density at radius 1 is 1.28 bits per heavy atom. The Kier molecular flexibility index (Phi) is 4.53. The number of aryl methyl sites for hydroxylation is 2. The normalized spacial score (nSPS) is 12.6. The lowest BCUT2D eigenvalue weighted by molar-refractivity contribution is 0.542. The predicted octanol–water partition coefficient (Wildman–Crippen LogP) is 3.15. The lowest BCUT2D eigenvalue weighted by Gasteiger charge is -2.19. The third-order valence-electron chi connectivity index (χ3n) is 3.15. The van der Waals surface area contributed by atoms with Crippen molar-refractivity contribution >= 4 is 11.3 Å². The molecule has 1 atom stereocenters. The molecule has 0 aliphatic heterocycles. The fraction of sp³-hybridized carbons (Fsp3) is 0.333. The summed E-state index contributed by atoms with van der Waals surface area (Å²) in [6, 6.07) is 11.0. The fourth-order valence-corrected chi connectivity index (χ4v) is 2.75. The lowest BCUT2D eigenvalue weighted by atomic mass is 9.99. The highest BCUT2D eigenvalue weighted by Crippen LogP contribution is 2.19. The molecule has 0 saturated heterocycles. The molecule has 1 unspecified atom stereocenters.